The Morgan fingerprint density at radius 3 is 2.43 bits per heavy atom. The summed E-state index contributed by atoms with van der Waals surface area (Å²) < 4.78 is 10.7. The number of hydrogen-bond donors (Lipinski definition) is 0. The first-order valence-corrected chi connectivity index (χ1v) is 10.3. The molecule has 1 aromatic heterocycles. The zero-order valence-electron chi connectivity index (χ0n) is 16.5. The lowest BCUT2D eigenvalue weighted by atomic mass is 9.77. The van der Waals surface area contributed by atoms with Crippen molar-refractivity contribution in [3.8, 4) is 5.75 Å². The molecule has 0 saturated heterocycles. The second-order valence-electron chi connectivity index (χ2n) is 7.80. The van der Waals surface area contributed by atoms with E-state index in [4.69, 9.17) is 9.26 Å². The third kappa shape index (κ3) is 4.80. The number of aryl methyl sites for hydroxylation is 1. The zero-order valence-corrected chi connectivity index (χ0v) is 16.5. The Bertz CT molecular complexity index is 850. The fraction of sp³-hybridized carbons (Fsp3) is 0.417. The van der Waals surface area contributed by atoms with Crippen LogP contribution in [0.3, 0.4) is 0 Å². The first-order valence-electron chi connectivity index (χ1n) is 10.3. The van der Waals surface area contributed by atoms with E-state index in [-0.39, 0.29) is 0 Å². The molecule has 4 heteroatoms. The van der Waals surface area contributed by atoms with Crippen LogP contribution in [0, 0.1) is 5.92 Å². The minimum Gasteiger partial charge on any atom is -0.497 e. The third-order valence-corrected chi connectivity index (χ3v) is 5.92. The highest BCUT2D eigenvalue weighted by molar-refractivity contribution is 5.28. The molecule has 0 amide bonds. The van der Waals surface area contributed by atoms with Crippen molar-refractivity contribution in [2.75, 3.05) is 7.11 Å². The van der Waals surface area contributed by atoms with E-state index >= 15 is 0 Å². The van der Waals surface area contributed by atoms with Crippen molar-refractivity contribution in [3.63, 3.8) is 0 Å². The molecule has 1 heterocycles. The van der Waals surface area contributed by atoms with Gasteiger partial charge in [0.1, 0.15) is 5.75 Å². The summed E-state index contributed by atoms with van der Waals surface area (Å²) in [4.78, 5) is 4.59. The first-order chi connectivity index (χ1) is 13.8. The Hall–Kier alpha value is -2.62. The van der Waals surface area contributed by atoms with Gasteiger partial charge in [-0.3, -0.25) is 0 Å². The lowest BCUT2D eigenvalue weighted by Crippen LogP contribution is -2.14. The van der Waals surface area contributed by atoms with Crippen LogP contribution in [0.5, 0.6) is 5.75 Å². The van der Waals surface area contributed by atoms with Crippen molar-refractivity contribution < 1.29 is 9.26 Å². The Balaban J connectivity index is 1.23. The van der Waals surface area contributed by atoms with Gasteiger partial charge in [-0.05, 0) is 67.2 Å². The SMILES string of the molecule is COc1ccc(Cc2noc(CCC3CCC(c4ccccc4)CC3)n2)cc1. The van der Waals surface area contributed by atoms with Crippen molar-refractivity contribution in [2.45, 2.75) is 50.9 Å². The van der Waals surface area contributed by atoms with Gasteiger partial charge in [0.15, 0.2) is 5.82 Å². The van der Waals surface area contributed by atoms with Crippen LogP contribution in [0.2, 0.25) is 0 Å². The molecule has 146 valence electrons. The van der Waals surface area contributed by atoms with Gasteiger partial charge in [0, 0.05) is 12.8 Å². The second kappa shape index (κ2) is 9.05. The average Bonchev–Trinajstić information content (AvgIpc) is 3.21. The van der Waals surface area contributed by atoms with Gasteiger partial charge < -0.3 is 9.26 Å². The topological polar surface area (TPSA) is 48.2 Å². The molecule has 1 saturated carbocycles. The molecular formula is C24H28N2O2. The highest BCUT2D eigenvalue weighted by Gasteiger charge is 2.22. The Morgan fingerprint density at radius 2 is 1.71 bits per heavy atom. The van der Waals surface area contributed by atoms with E-state index in [2.05, 4.69) is 40.5 Å². The standard InChI is InChI=1S/C24H28N2O2/c1-27-22-14-9-19(10-15-22)17-23-25-24(28-26-23)16-11-18-7-12-21(13-8-18)20-5-3-2-4-6-20/h2-6,9-10,14-15,18,21H,7-8,11-13,16-17H2,1H3. The molecule has 0 radical (unpaired) electrons. The minimum atomic E-state index is 0.690. The molecular weight excluding hydrogens is 348 g/mol. The molecule has 0 bridgehead atoms. The van der Waals surface area contributed by atoms with Crippen molar-refractivity contribution in [1.29, 1.82) is 0 Å². The minimum absolute atomic E-state index is 0.690. The fourth-order valence-corrected chi connectivity index (χ4v) is 4.23. The van der Waals surface area contributed by atoms with Gasteiger partial charge in [0.25, 0.3) is 0 Å². The molecule has 4 rings (SSSR count). The average molecular weight is 377 g/mol. The molecule has 1 fully saturated rings. The van der Waals surface area contributed by atoms with Gasteiger partial charge >= 0.3 is 0 Å². The van der Waals surface area contributed by atoms with E-state index in [0.29, 0.717) is 6.42 Å². The van der Waals surface area contributed by atoms with Gasteiger partial charge in [-0.2, -0.15) is 4.98 Å². The van der Waals surface area contributed by atoms with Crippen LogP contribution in [0.25, 0.3) is 0 Å². The van der Waals surface area contributed by atoms with E-state index in [1.165, 1.54) is 31.2 Å². The van der Waals surface area contributed by atoms with E-state index in [0.717, 1.165) is 47.7 Å². The van der Waals surface area contributed by atoms with Gasteiger partial charge in [-0.1, -0.05) is 47.6 Å². The summed E-state index contributed by atoms with van der Waals surface area (Å²) in [6.07, 6.45) is 7.90. The smallest absolute Gasteiger partial charge is 0.226 e. The van der Waals surface area contributed by atoms with Crippen molar-refractivity contribution in [1.82, 2.24) is 10.1 Å². The van der Waals surface area contributed by atoms with Gasteiger partial charge in [0.2, 0.25) is 5.89 Å². The summed E-state index contributed by atoms with van der Waals surface area (Å²) in [5.74, 6) is 3.90. The van der Waals surface area contributed by atoms with Gasteiger partial charge in [0.05, 0.1) is 7.11 Å². The molecule has 1 aliphatic rings. The van der Waals surface area contributed by atoms with Crippen molar-refractivity contribution in [3.05, 3.63) is 77.4 Å². The van der Waals surface area contributed by atoms with Crippen LogP contribution < -0.4 is 4.74 Å². The maximum Gasteiger partial charge on any atom is 0.226 e. The number of methoxy groups -OCH3 is 1. The first kappa shape index (κ1) is 18.7. The molecule has 2 aromatic carbocycles. The van der Waals surface area contributed by atoms with Gasteiger partial charge in [-0.25, -0.2) is 0 Å². The number of hydrogen-bond acceptors (Lipinski definition) is 4. The summed E-state index contributed by atoms with van der Waals surface area (Å²) in [6, 6.07) is 19.0. The monoisotopic (exact) mass is 376 g/mol. The van der Waals surface area contributed by atoms with Gasteiger partial charge in [-0.15, -0.1) is 0 Å². The van der Waals surface area contributed by atoms with E-state index in [1.54, 1.807) is 7.11 Å². The number of aromatic nitrogens is 2. The lowest BCUT2D eigenvalue weighted by molar-refractivity contribution is 0.294. The summed E-state index contributed by atoms with van der Waals surface area (Å²) in [5.41, 5.74) is 2.66. The summed E-state index contributed by atoms with van der Waals surface area (Å²) in [5, 5.41) is 4.15. The largest absolute Gasteiger partial charge is 0.497 e. The number of nitrogens with zero attached hydrogens (tertiary/aromatic N) is 2. The van der Waals surface area contributed by atoms with Crippen LogP contribution in [0.4, 0.5) is 0 Å². The van der Waals surface area contributed by atoms with E-state index in [9.17, 15) is 0 Å². The van der Waals surface area contributed by atoms with E-state index in [1.807, 2.05) is 24.3 Å². The third-order valence-electron chi connectivity index (χ3n) is 5.92. The molecule has 0 atom stereocenters. The highest BCUT2D eigenvalue weighted by atomic mass is 16.5. The fourth-order valence-electron chi connectivity index (χ4n) is 4.23. The number of benzene rings is 2. The maximum absolute atomic E-state index is 5.48. The Morgan fingerprint density at radius 1 is 0.964 bits per heavy atom. The lowest BCUT2D eigenvalue weighted by Gasteiger charge is -2.28. The maximum atomic E-state index is 5.48. The van der Waals surface area contributed by atoms with Crippen LogP contribution in [0.1, 0.15) is 60.9 Å². The summed E-state index contributed by atoms with van der Waals surface area (Å²) in [7, 11) is 1.68. The quantitative estimate of drug-likeness (QED) is 0.540. The Labute approximate surface area is 166 Å². The molecule has 0 N–H and O–H groups in total. The predicted molar refractivity (Wildman–Crippen MR) is 110 cm³/mol. The zero-order chi connectivity index (χ0) is 19.2. The van der Waals surface area contributed by atoms with E-state index < -0.39 is 0 Å². The molecule has 0 unspecified atom stereocenters. The number of ether oxygens (including phenoxy) is 1. The number of rotatable bonds is 7. The Kier molecular flexibility index (Phi) is 6.05. The molecule has 3 aromatic rings. The molecule has 0 spiro atoms. The van der Waals surface area contributed by atoms with Crippen molar-refractivity contribution in [2.24, 2.45) is 5.92 Å². The predicted octanol–water partition coefficient (Wildman–Crippen LogP) is 5.58. The highest BCUT2D eigenvalue weighted by Crippen LogP contribution is 2.37. The van der Waals surface area contributed by atoms with Crippen LogP contribution in [-0.2, 0) is 12.8 Å². The van der Waals surface area contributed by atoms with Crippen LogP contribution in [0.15, 0.2) is 59.1 Å². The normalized spacial score (nSPS) is 19.5. The van der Waals surface area contributed by atoms with Crippen LogP contribution in [-0.4, -0.2) is 17.3 Å². The molecule has 4 nitrogen and oxygen atoms in total. The summed E-state index contributed by atoms with van der Waals surface area (Å²) >= 11 is 0. The molecule has 1 aliphatic carbocycles. The summed E-state index contributed by atoms with van der Waals surface area (Å²) in [6.45, 7) is 0. The van der Waals surface area contributed by atoms with Crippen LogP contribution >= 0.6 is 0 Å². The molecule has 0 aliphatic heterocycles. The van der Waals surface area contributed by atoms with Crippen molar-refractivity contribution >= 4 is 0 Å². The molecule has 28 heavy (non-hydrogen) atoms. The second-order valence-corrected chi connectivity index (χ2v) is 7.80.